The van der Waals surface area contributed by atoms with Crippen molar-refractivity contribution in [1.29, 1.82) is 0 Å². The highest BCUT2D eigenvalue weighted by molar-refractivity contribution is 5.91. The summed E-state index contributed by atoms with van der Waals surface area (Å²) in [6.45, 7) is 7.68. The third-order valence-electron chi connectivity index (χ3n) is 5.54. The first-order chi connectivity index (χ1) is 16.2. The number of esters is 2. The van der Waals surface area contributed by atoms with Gasteiger partial charge in [-0.05, 0) is 68.7 Å². The van der Waals surface area contributed by atoms with Gasteiger partial charge < -0.3 is 19.2 Å². The summed E-state index contributed by atoms with van der Waals surface area (Å²) in [5.74, 6) is -0.0614. The number of benzene rings is 2. The third-order valence-corrected chi connectivity index (χ3v) is 5.54. The van der Waals surface area contributed by atoms with E-state index in [9.17, 15) is 9.59 Å². The van der Waals surface area contributed by atoms with E-state index >= 15 is 0 Å². The van der Waals surface area contributed by atoms with Gasteiger partial charge in [-0.1, -0.05) is 25.5 Å². The van der Waals surface area contributed by atoms with Gasteiger partial charge in [-0.15, -0.1) is 0 Å². The fourth-order valence-electron chi connectivity index (χ4n) is 4.06. The van der Waals surface area contributed by atoms with E-state index in [-0.39, 0.29) is 11.9 Å². The maximum Gasteiger partial charge on any atom is 0.337 e. The molecular formula is C28H33NO5. The van der Waals surface area contributed by atoms with Gasteiger partial charge in [-0.3, -0.25) is 0 Å². The average Bonchev–Trinajstić information content (AvgIpc) is 3.22. The summed E-state index contributed by atoms with van der Waals surface area (Å²) in [5, 5.41) is 1.07. The molecule has 1 aromatic heterocycles. The number of hydrogen-bond donors (Lipinski definition) is 1. The van der Waals surface area contributed by atoms with Crippen molar-refractivity contribution in [3.8, 4) is 5.75 Å². The Morgan fingerprint density at radius 1 is 1.06 bits per heavy atom. The van der Waals surface area contributed by atoms with E-state index in [4.69, 9.17) is 14.2 Å². The van der Waals surface area contributed by atoms with E-state index < -0.39 is 11.6 Å². The Morgan fingerprint density at radius 2 is 1.82 bits per heavy atom. The van der Waals surface area contributed by atoms with Crippen molar-refractivity contribution in [2.45, 2.75) is 52.1 Å². The second kappa shape index (κ2) is 10.6. The Labute approximate surface area is 200 Å². The van der Waals surface area contributed by atoms with Crippen LogP contribution in [0.15, 0.2) is 48.7 Å². The number of aromatic amines is 1. The standard InChI is InChI=1S/C28H33NO5/c1-7-8-20(21-12-11-19(27(31)33-6)16-25(21)32-5)23-17-29-24-13-9-18(15-22(23)24)10-14-26(30)34-28(2,3)4/h9-17,20,29H,7-8H2,1-6H3. The predicted molar refractivity (Wildman–Crippen MR) is 134 cm³/mol. The number of aromatic nitrogens is 1. The van der Waals surface area contributed by atoms with E-state index in [1.807, 2.05) is 45.2 Å². The fourth-order valence-corrected chi connectivity index (χ4v) is 4.06. The van der Waals surface area contributed by atoms with Crippen LogP contribution in [0.3, 0.4) is 0 Å². The van der Waals surface area contributed by atoms with Gasteiger partial charge >= 0.3 is 11.9 Å². The first-order valence-electron chi connectivity index (χ1n) is 11.4. The molecular weight excluding hydrogens is 430 g/mol. The maximum absolute atomic E-state index is 12.1. The molecule has 0 saturated heterocycles. The predicted octanol–water partition coefficient (Wildman–Crippen LogP) is 6.25. The molecule has 0 aliphatic heterocycles. The Bertz CT molecular complexity index is 1200. The lowest BCUT2D eigenvalue weighted by Crippen LogP contribution is -2.22. The average molecular weight is 464 g/mol. The first kappa shape index (κ1) is 25.1. The van der Waals surface area contributed by atoms with Crippen LogP contribution in [-0.2, 0) is 14.3 Å². The summed E-state index contributed by atoms with van der Waals surface area (Å²) in [7, 11) is 2.97. The summed E-state index contributed by atoms with van der Waals surface area (Å²) in [6, 6.07) is 11.5. The summed E-state index contributed by atoms with van der Waals surface area (Å²) >= 11 is 0. The smallest absolute Gasteiger partial charge is 0.337 e. The van der Waals surface area contributed by atoms with E-state index in [1.165, 1.54) is 13.2 Å². The monoisotopic (exact) mass is 463 g/mol. The molecule has 34 heavy (non-hydrogen) atoms. The zero-order valence-corrected chi connectivity index (χ0v) is 20.7. The minimum atomic E-state index is -0.533. The van der Waals surface area contributed by atoms with Crippen molar-refractivity contribution in [3.63, 3.8) is 0 Å². The third kappa shape index (κ3) is 5.87. The van der Waals surface area contributed by atoms with Crippen molar-refractivity contribution in [1.82, 2.24) is 4.98 Å². The minimum Gasteiger partial charge on any atom is -0.496 e. The zero-order valence-electron chi connectivity index (χ0n) is 20.7. The number of nitrogens with one attached hydrogen (secondary N) is 1. The van der Waals surface area contributed by atoms with E-state index in [2.05, 4.69) is 18.0 Å². The zero-order chi connectivity index (χ0) is 24.9. The van der Waals surface area contributed by atoms with Crippen LogP contribution in [0.1, 0.15) is 73.5 Å². The lowest BCUT2D eigenvalue weighted by Gasteiger charge is -2.20. The van der Waals surface area contributed by atoms with Crippen molar-refractivity contribution < 1.29 is 23.8 Å². The highest BCUT2D eigenvalue weighted by Crippen LogP contribution is 2.39. The van der Waals surface area contributed by atoms with Crippen LogP contribution in [0.2, 0.25) is 0 Å². The molecule has 3 rings (SSSR count). The Balaban J connectivity index is 2.01. The van der Waals surface area contributed by atoms with Crippen molar-refractivity contribution >= 4 is 28.9 Å². The Hall–Kier alpha value is -3.54. The molecule has 0 radical (unpaired) electrons. The highest BCUT2D eigenvalue weighted by atomic mass is 16.6. The van der Waals surface area contributed by atoms with Crippen LogP contribution in [0.4, 0.5) is 0 Å². The number of hydrogen-bond acceptors (Lipinski definition) is 5. The van der Waals surface area contributed by atoms with Gasteiger partial charge in [-0.2, -0.15) is 0 Å². The molecule has 0 aliphatic rings. The largest absolute Gasteiger partial charge is 0.496 e. The normalized spacial score (nSPS) is 12.6. The molecule has 0 aliphatic carbocycles. The second-order valence-corrected chi connectivity index (χ2v) is 9.21. The van der Waals surface area contributed by atoms with Gasteiger partial charge in [0.25, 0.3) is 0 Å². The van der Waals surface area contributed by atoms with Gasteiger partial charge in [0, 0.05) is 34.7 Å². The van der Waals surface area contributed by atoms with E-state index in [1.54, 1.807) is 25.3 Å². The number of methoxy groups -OCH3 is 2. The molecule has 1 N–H and O–H groups in total. The summed E-state index contributed by atoms with van der Waals surface area (Å²) in [5.41, 5.74) is 3.97. The molecule has 1 unspecified atom stereocenters. The fraction of sp³-hybridized carbons (Fsp3) is 0.357. The quantitative estimate of drug-likeness (QED) is 0.316. The Morgan fingerprint density at radius 3 is 2.47 bits per heavy atom. The molecule has 3 aromatic rings. The summed E-state index contributed by atoms with van der Waals surface area (Å²) < 4.78 is 15.9. The molecule has 6 nitrogen and oxygen atoms in total. The summed E-state index contributed by atoms with van der Waals surface area (Å²) in [6.07, 6.45) is 7.12. The minimum absolute atomic E-state index is 0.0606. The van der Waals surface area contributed by atoms with Crippen LogP contribution in [0, 0.1) is 0 Å². The number of rotatable bonds is 8. The molecule has 0 fully saturated rings. The topological polar surface area (TPSA) is 77.6 Å². The SMILES string of the molecule is CCCC(c1ccc(C(=O)OC)cc1OC)c1c[nH]c2ccc(C=CC(=O)OC(C)(C)C)cc12. The van der Waals surface area contributed by atoms with Gasteiger partial charge in [0.1, 0.15) is 11.4 Å². The van der Waals surface area contributed by atoms with Gasteiger partial charge in [0.15, 0.2) is 0 Å². The Kier molecular flexibility index (Phi) is 7.82. The number of ether oxygens (including phenoxy) is 3. The van der Waals surface area contributed by atoms with Crippen molar-refractivity contribution in [3.05, 3.63) is 70.9 Å². The maximum atomic E-state index is 12.1. The number of H-pyrrole nitrogens is 1. The summed E-state index contributed by atoms with van der Waals surface area (Å²) in [4.78, 5) is 27.5. The molecule has 180 valence electrons. The van der Waals surface area contributed by atoms with Crippen LogP contribution in [-0.4, -0.2) is 36.7 Å². The highest BCUT2D eigenvalue weighted by Gasteiger charge is 2.22. The van der Waals surface area contributed by atoms with Crippen LogP contribution in [0.5, 0.6) is 5.75 Å². The van der Waals surface area contributed by atoms with E-state index in [0.717, 1.165) is 40.4 Å². The molecule has 0 spiro atoms. The lowest BCUT2D eigenvalue weighted by molar-refractivity contribution is -0.148. The first-order valence-corrected chi connectivity index (χ1v) is 11.4. The molecule has 0 saturated carbocycles. The van der Waals surface area contributed by atoms with Crippen LogP contribution in [0.25, 0.3) is 17.0 Å². The number of carbonyl (C=O) groups is 2. The number of fused-ring (bicyclic) bond motifs is 1. The van der Waals surface area contributed by atoms with Crippen molar-refractivity contribution in [2.75, 3.05) is 14.2 Å². The molecule has 0 bridgehead atoms. The van der Waals surface area contributed by atoms with E-state index in [0.29, 0.717) is 11.3 Å². The molecule has 6 heteroatoms. The molecule has 1 atom stereocenters. The molecule has 1 heterocycles. The lowest BCUT2D eigenvalue weighted by atomic mass is 9.86. The van der Waals surface area contributed by atoms with Gasteiger partial charge in [0.05, 0.1) is 19.8 Å². The van der Waals surface area contributed by atoms with Crippen molar-refractivity contribution in [2.24, 2.45) is 0 Å². The van der Waals surface area contributed by atoms with Gasteiger partial charge in [-0.25, -0.2) is 9.59 Å². The second-order valence-electron chi connectivity index (χ2n) is 9.21. The van der Waals surface area contributed by atoms with Crippen LogP contribution >= 0.6 is 0 Å². The molecule has 2 aromatic carbocycles. The van der Waals surface area contributed by atoms with Gasteiger partial charge in [0.2, 0.25) is 0 Å². The number of carbonyl (C=O) groups excluding carboxylic acids is 2. The van der Waals surface area contributed by atoms with Crippen LogP contribution < -0.4 is 4.74 Å². The molecule has 0 amide bonds.